The summed E-state index contributed by atoms with van der Waals surface area (Å²) in [4.78, 5) is 15.2. The Morgan fingerprint density at radius 1 is 1.33 bits per heavy atom. The zero-order valence-corrected chi connectivity index (χ0v) is 12.1. The summed E-state index contributed by atoms with van der Waals surface area (Å²) < 4.78 is 10.8. The topological polar surface area (TPSA) is 74.4 Å². The summed E-state index contributed by atoms with van der Waals surface area (Å²) in [6, 6.07) is 9.77. The highest BCUT2D eigenvalue weighted by molar-refractivity contribution is 5.92. The number of amides is 1. The first-order chi connectivity index (χ1) is 10.1. The number of aromatic nitrogens is 1. The minimum Gasteiger partial charge on any atom is -0.488 e. The molecular formula is C16H18N2O3. The van der Waals surface area contributed by atoms with Crippen molar-refractivity contribution in [1.82, 2.24) is 4.98 Å². The van der Waals surface area contributed by atoms with Gasteiger partial charge < -0.3 is 15.2 Å². The van der Waals surface area contributed by atoms with Crippen LogP contribution in [0.1, 0.15) is 21.5 Å². The van der Waals surface area contributed by atoms with Gasteiger partial charge in [0.25, 0.3) is 5.88 Å². The van der Waals surface area contributed by atoms with Crippen LogP contribution in [0.4, 0.5) is 0 Å². The average Bonchev–Trinajstić information content (AvgIpc) is 2.47. The number of methoxy groups -OCH3 is 1. The molecule has 0 aliphatic rings. The molecule has 0 saturated carbocycles. The number of hydrogen-bond acceptors (Lipinski definition) is 4. The number of primary amides is 1. The molecule has 1 aromatic carbocycles. The van der Waals surface area contributed by atoms with Crippen molar-refractivity contribution in [2.75, 3.05) is 13.7 Å². The lowest BCUT2D eigenvalue weighted by molar-refractivity contribution is 0.0999. The number of hydrogen-bond donors (Lipinski definition) is 1. The van der Waals surface area contributed by atoms with Gasteiger partial charge in [-0.15, -0.1) is 0 Å². The fourth-order valence-electron chi connectivity index (χ4n) is 1.97. The lowest BCUT2D eigenvalue weighted by Crippen LogP contribution is -2.12. The lowest BCUT2D eigenvalue weighted by Gasteiger charge is -2.10. The first kappa shape index (κ1) is 14.8. The van der Waals surface area contributed by atoms with E-state index in [4.69, 9.17) is 15.2 Å². The van der Waals surface area contributed by atoms with E-state index in [0.29, 0.717) is 23.8 Å². The minimum atomic E-state index is -0.548. The summed E-state index contributed by atoms with van der Waals surface area (Å²) in [6.07, 6.45) is 2.13. The van der Waals surface area contributed by atoms with Crippen LogP contribution < -0.4 is 15.2 Å². The van der Waals surface area contributed by atoms with Crippen molar-refractivity contribution < 1.29 is 14.3 Å². The van der Waals surface area contributed by atoms with Gasteiger partial charge in [0.1, 0.15) is 0 Å². The van der Waals surface area contributed by atoms with Gasteiger partial charge in [-0.3, -0.25) is 4.79 Å². The number of carbonyl (C=O) groups is 1. The molecule has 0 unspecified atom stereocenters. The Labute approximate surface area is 123 Å². The summed E-state index contributed by atoms with van der Waals surface area (Å²) >= 11 is 0. The Bertz CT molecular complexity index is 641. The maximum atomic E-state index is 11.2. The molecule has 0 aliphatic heterocycles. The first-order valence-electron chi connectivity index (χ1n) is 6.62. The van der Waals surface area contributed by atoms with Gasteiger partial charge >= 0.3 is 0 Å². The average molecular weight is 286 g/mol. The van der Waals surface area contributed by atoms with Crippen molar-refractivity contribution in [2.24, 2.45) is 5.73 Å². The van der Waals surface area contributed by atoms with Gasteiger partial charge in [0.2, 0.25) is 5.91 Å². The highest BCUT2D eigenvalue weighted by Crippen LogP contribution is 2.25. The fraction of sp³-hybridized carbons (Fsp3) is 0.250. The number of ether oxygens (including phenoxy) is 2. The molecule has 0 saturated heterocycles. The molecule has 1 amide bonds. The molecule has 0 radical (unpaired) electrons. The monoisotopic (exact) mass is 286 g/mol. The number of rotatable bonds is 6. The van der Waals surface area contributed by atoms with E-state index < -0.39 is 5.91 Å². The van der Waals surface area contributed by atoms with Crippen molar-refractivity contribution in [3.8, 4) is 11.6 Å². The van der Waals surface area contributed by atoms with Crippen molar-refractivity contribution in [2.45, 2.75) is 13.3 Å². The zero-order valence-electron chi connectivity index (χ0n) is 12.1. The Balaban J connectivity index is 2.05. The van der Waals surface area contributed by atoms with Crippen LogP contribution in [0.15, 0.2) is 36.5 Å². The summed E-state index contributed by atoms with van der Waals surface area (Å²) in [5.41, 5.74) is 7.93. The number of nitrogens with zero attached hydrogens (tertiary/aromatic N) is 1. The van der Waals surface area contributed by atoms with Crippen LogP contribution in [-0.4, -0.2) is 24.6 Å². The molecule has 0 fully saturated rings. The lowest BCUT2D eigenvalue weighted by atomic mass is 10.1. The molecule has 2 aromatic rings. The van der Waals surface area contributed by atoms with E-state index >= 15 is 0 Å². The molecule has 2 rings (SSSR count). The van der Waals surface area contributed by atoms with Crippen molar-refractivity contribution in [3.05, 3.63) is 53.2 Å². The van der Waals surface area contributed by atoms with E-state index in [1.807, 2.05) is 25.1 Å². The van der Waals surface area contributed by atoms with Crippen molar-refractivity contribution >= 4 is 5.91 Å². The van der Waals surface area contributed by atoms with Gasteiger partial charge in [-0.2, -0.15) is 0 Å². The Hall–Kier alpha value is -2.56. The van der Waals surface area contributed by atoms with Gasteiger partial charge in [0.15, 0.2) is 5.75 Å². The number of pyridine rings is 1. The largest absolute Gasteiger partial charge is 0.488 e. The van der Waals surface area contributed by atoms with Crippen LogP contribution in [-0.2, 0) is 6.42 Å². The maximum Gasteiger partial charge on any atom is 0.256 e. The van der Waals surface area contributed by atoms with E-state index in [2.05, 4.69) is 11.1 Å². The van der Waals surface area contributed by atoms with E-state index in [1.54, 1.807) is 6.07 Å². The number of nitrogens with two attached hydrogens (primary N) is 1. The minimum absolute atomic E-state index is 0.293. The summed E-state index contributed by atoms with van der Waals surface area (Å²) in [6.45, 7) is 2.51. The van der Waals surface area contributed by atoms with Gasteiger partial charge in [-0.1, -0.05) is 29.8 Å². The standard InChI is InChI=1S/C16H18N2O3/c1-11-4-3-5-12(8-11)6-7-21-14-9-13(15(17)19)10-18-16(14)20-2/h3-5,8-10H,6-7H2,1-2H3,(H2,17,19). The molecule has 0 atom stereocenters. The molecule has 0 bridgehead atoms. The third kappa shape index (κ3) is 3.95. The predicted octanol–water partition coefficient (Wildman–Crippen LogP) is 2.12. The van der Waals surface area contributed by atoms with Gasteiger partial charge in [-0.05, 0) is 12.5 Å². The van der Waals surface area contributed by atoms with E-state index in [0.717, 1.165) is 6.42 Å². The smallest absolute Gasteiger partial charge is 0.256 e. The molecule has 2 N–H and O–H groups in total. The first-order valence-corrected chi connectivity index (χ1v) is 6.62. The molecule has 0 spiro atoms. The van der Waals surface area contributed by atoms with E-state index in [1.165, 1.54) is 24.4 Å². The quantitative estimate of drug-likeness (QED) is 0.882. The predicted molar refractivity (Wildman–Crippen MR) is 79.7 cm³/mol. The van der Waals surface area contributed by atoms with Crippen LogP contribution >= 0.6 is 0 Å². The van der Waals surface area contributed by atoms with Gasteiger partial charge in [-0.25, -0.2) is 4.98 Å². The molecule has 5 heteroatoms. The molecule has 5 nitrogen and oxygen atoms in total. The number of benzene rings is 1. The summed E-state index contributed by atoms with van der Waals surface area (Å²) in [5.74, 6) is 0.208. The Morgan fingerprint density at radius 3 is 2.81 bits per heavy atom. The van der Waals surface area contributed by atoms with Crippen LogP contribution in [0, 0.1) is 6.92 Å². The normalized spacial score (nSPS) is 10.2. The second-order valence-electron chi connectivity index (χ2n) is 4.68. The van der Waals surface area contributed by atoms with Crippen molar-refractivity contribution in [1.29, 1.82) is 0 Å². The van der Waals surface area contributed by atoms with Crippen LogP contribution in [0.25, 0.3) is 0 Å². The Kier molecular flexibility index (Phi) is 4.77. The highest BCUT2D eigenvalue weighted by Gasteiger charge is 2.10. The van der Waals surface area contributed by atoms with Crippen LogP contribution in [0.3, 0.4) is 0 Å². The van der Waals surface area contributed by atoms with Crippen LogP contribution in [0.2, 0.25) is 0 Å². The summed E-state index contributed by atoms with van der Waals surface area (Å²) in [5, 5.41) is 0. The molecule has 1 heterocycles. The van der Waals surface area contributed by atoms with Crippen molar-refractivity contribution in [3.63, 3.8) is 0 Å². The van der Waals surface area contributed by atoms with Gasteiger partial charge in [0.05, 0.1) is 19.3 Å². The van der Waals surface area contributed by atoms with Gasteiger partial charge in [0, 0.05) is 18.7 Å². The van der Waals surface area contributed by atoms with Crippen LogP contribution in [0.5, 0.6) is 11.6 Å². The van der Waals surface area contributed by atoms with E-state index in [-0.39, 0.29) is 0 Å². The second-order valence-corrected chi connectivity index (χ2v) is 4.68. The molecule has 21 heavy (non-hydrogen) atoms. The fourth-order valence-corrected chi connectivity index (χ4v) is 1.97. The number of aryl methyl sites for hydroxylation is 1. The molecule has 110 valence electrons. The third-order valence-corrected chi connectivity index (χ3v) is 3.03. The Morgan fingerprint density at radius 2 is 2.14 bits per heavy atom. The maximum absolute atomic E-state index is 11.2. The SMILES string of the molecule is COc1ncc(C(N)=O)cc1OCCc1cccc(C)c1. The second kappa shape index (κ2) is 6.74. The zero-order chi connectivity index (χ0) is 15.2. The molecular weight excluding hydrogens is 268 g/mol. The van der Waals surface area contributed by atoms with E-state index in [9.17, 15) is 4.79 Å². The highest BCUT2D eigenvalue weighted by atomic mass is 16.5. The molecule has 1 aromatic heterocycles. The number of carbonyl (C=O) groups excluding carboxylic acids is 1. The summed E-state index contributed by atoms with van der Waals surface area (Å²) in [7, 11) is 1.50. The third-order valence-electron chi connectivity index (χ3n) is 3.03. The molecule has 0 aliphatic carbocycles.